The number of hydrogen-bond acceptors (Lipinski definition) is 6. The fraction of sp³-hybridized carbons (Fsp3) is 0.207. The molecule has 3 aromatic carbocycles. The molecule has 2 saturated heterocycles. The van der Waals surface area contributed by atoms with E-state index >= 15 is 0 Å². The van der Waals surface area contributed by atoms with Gasteiger partial charge in [0.05, 0.1) is 28.2 Å². The van der Waals surface area contributed by atoms with E-state index in [1.54, 1.807) is 36.4 Å². The lowest BCUT2D eigenvalue weighted by atomic mass is 9.76. The number of carbonyl (C=O) groups excluding carboxylic acids is 3. The highest BCUT2D eigenvalue weighted by Gasteiger charge is 2.70. The van der Waals surface area contributed by atoms with Crippen LogP contribution in [0.3, 0.4) is 0 Å². The molecule has 1 spiro atoms. The Morgan fingerprint density at radius 2 is 1.82 bits per heavy atom. The second kappa shape index (κ2) is 7.84. The molecule has 1 aromatic heterocycles. The number of imide groups is 1. The number of carbonyl (C=O) groups is 3. The number of H-pyrrole nitrogens is 1. The monoisotopic (exact) mass is 540 g/mol. The van der Waals surface area contributed by atoms with Crippen molar-refractivity contribution in [1.82, 2.24) is 10.3 Å². The van der Waals surface area contributed by atoms with Crippen LogP contribution < -0.4 is 25.0 Å². The summed E-state index contributed by atoms with van der Waals surface area (Å²) in [6.07, 6.45) is 2.35. The second-order valence-electron chi connectivity index (χ2n) is 10.3. The number of ether oxygens (including phenoxy) is 2. The van der Waals surface area contributed by atoms with Gasteiger partial charge < -0.3 is 19.8 Å². The van der Waals surface area contributed by atoms with Crippen LogP contribution in [-0.4, -0.2) is 35.5 Å². The van der Waals surface area contributed by atoms with Crippen molar-refractivity contribution in [1.29, 1.82) is 0 Å². The van der Waals surface area contributed by atoms with Crippen LogP contribution in [0.1, 0.15) is 11.1 Å². The summed E-state index contributed by atoms with van der Waals surface area (Å²) in [4.78, 5) is 46.7. The van der Waals surface area contributed by atoms with E-state index in [0.717, 1.165) is 16.5 Å². The molecule has 10 heteroatoms. The van der Waals surface area contributed by atoms with Crippen molar-refractivity contribution in [2.45, 2.75) is 18.0 Å². The molecule has 0 radical (unpaired) electrons. The lowest BCUT2D eigenvalue weighted by Gasteiger charge is -2.29. The van der Waals surface area contributed by atoms with Crippen LogP contribution in [0.4, 0.5) is 11.4 Å². The van der Waals surface area contributed by atoms with Crippen molar-refractivity contribution >= 4 is 51.6 Å². The van der Waals surface area contributed by atoms with Crippen LogP contribution in [0.2, 0.25) is 5.02 Å². The quantitative estimate of drug-likeness (QED) is 0.341. The molecule has 4 aliphatic rings. The highest BCUT2D eigenvalue weighted by Crippen LogP contribution is 2.55. The van der Waals surface area contributed by atoms with Gasteiger partial charge in [-0.3, -0.25) is 19.7 Å². The number of aromatic nitrogens is 1. The molecule has 3 N–H and O–H groups in total. The number of nitrogens with zero attached hydrogens (tertiary/aromatic N) is 1. The standard InChI is InChI=1S/C29H21ClN4O5/c30-18-6-3-5-17-25(18)32-28(37)29(17)24-23(20(33-29)10-14-12-31-19-7-2-1-4-16(14)19)26(35)34(27(24)36)15-8-9-21-22(11-15)39-13-38-21/h1-9,11-12,20,23-24,31,33H,10,13H2,(H,32,37)/t20-,23-,24-,29-/m0/s1. The average molecular weight is 541 g/mol. The lowest BCUT2D eigenvalue weighted by molar-refractivity contribution is -0.130. The van der Waals surface area contributed by atoms with E-state index in [-0.39, 0.29) is 12.7 Å². The Kier molecular flexibility index (Phi) is 4.55. The zero-order valence-corrected chi connectivity index (χ0v) is 21.1. The molecule has 39 heavy (non-hydrogen) atoms. The summed E-state index contributed by atoms with van der Waals surface area (Å²) in [5.74, 6) is -1.94. The van der Waals surface area contributed by atoms with Crippen molar-refractivity contribution in [2.75, 3.05) is 17.0 Å². The topological polar surface area (TPSA) is 113 Å². The van der Waals surface area contributed by atoms with E-state index in [1.807, 2.05) is 30.5 Å². The van der Waals surface area contributed by atoms with Crippen molar-refractivity contribution < 1.29 is 23.9 Å². The summed E-state index contributed by atoms with van der Waals surface area (Å²) in [6, 6.07) is 17.6. The van der Waals surface area contributed by atoms with E-state index in [4.69, 9.17) is 21.1 Å². The molecule has 5 heterocycles. The maximum absolute atomic E-state index is 14.2. The zero-order chi connectivity index (χ0) is 26.5. The molecule has 9 nitrogen and oxygen atoms in total. The van der Waals surface area contributed by atoms with Crippen LogP contribution >= 0.6 is 11.6 Å². The molecule has 4 aliphatic heterocycles. The highest BCUT2D eigenvalue weighted by molar-refractivity contribution is 6.35. The summed E-state index contributed by atoms with van der Waals surface area (Å²) in [5.41, 5.74) is 1.94. The first-order valence-electron chi connectivity index (χ1n) is 12.7. The molecule has 4 atom stereocenters. The number of amides is 3. The number of rotatable bonds is 3. The van der Waals surface area contributed by atoms with E-state index in [1.165, 1.54) is 4.90 Å². The normalized spacial score (nSPS) is 26.5. The minimum absolute atomic E-state index is 0.0728. The summed E-state index contributed by atoms with van der Waals surface area (Å²) in [5, 5.41) is 7.77. The molecule has 8 rings (SSSR count). The number of benzene rings is 3. The lowest BCUT2D eigenvalue weighted by Crippen LogP contribution is -2.53. The molecule has 3 amide bonds. The molecule has 0 bridgehead atoms. The maximum Gasteiger partial charge on any atom is 0.250 e. The Morgan fingerprint density at radius 1 is 0.974 bits per heavy atom. The predicted octanol–water partition coefficient (Wildman–Crippen LogP) is 3.72. The van der Waals surface area contributed by atoms with Gasteiger partial charge in [-0.25, -0.2) is 4.90 Å². The molecule has 0 saturated carbocycles. The minimum atomic E-state index is -1.44. The molecule has 0 unspecified atom stereocenters. The number of para-hydroxylation sites is 2. The van der Waals surface area contributed by atoms with E-state index < -0.39 is 35.2 Å². The van der Waals surface area contributed by atoms with Gasteiger partial charge in [-0.05, 0) is 36.2 Å². The van der Waals surface area contributed by atoms with Crippen LogP contribution in [0.15, 0.2) is 66.9 Å². The highest BCUT2D eigenvalue weighted by atomic mass is 35.5. The number of halogens is 1. The Hall–Kier alpha value is -4.34. The molecular weight excluding hydrogens is 520 g/mol. The van der Waals surface area contributed by atoms with E-state index in [2.05, 4.69) is 15.6 Å². The van der Waals surface area contributed by atoms with Crippen LogP contribution in [0.25, 0.3) is 10.9 Å². The zero-order valence-electron chi connectivity index (χ0n) is 20.4. The van der Waals surface area contributed by atoms with Gasteiger partial charge in [0.1, 0.15) is 5.54 Å². The third kappa shape index (κ3) is 2.91. The van der Waals surface area contributed by atoms with Gasteiger partial charge >= 0.3 is 0 Å². The third-order valence-corrected chi connectivity index (χ3v) is 8.74. The Labute approximate surface area is 227 Å². The van der Waals surface area contributed by atoms with Crippen molar-refractivity contribution in [3.05, 3.63) is 83.0 Å². The van der Waals surface area contributed by atoms with Crippen LogP contribution in [0.5, 0.6) is 11.5 Å². The maximum atomic E-state index is 14.2. The van der Waals surface area contributed by atoms with Crippen molar-refractivity contribution in [3.8, 4) is 11.5 Å². The molecular formula is C29H21ClN4O5. The molecule has 2 fully saturated rings. The molecule has 194 valence electrons. The number of aromatic amines is 1. The van der Waals surface area contributed by atoms with Gasteiger partial charge in [-0.2, -0.15) is 0 Å². The van der Waals surface area contributed by atoms with E-state index in [9.17, 15) is 14.4 Å². The first kappa shape index (κ1) is 22.6. The SMILES string of the molecule is O=C1[C@H]2[C@H](Cc3c[nH]c4ccccc34)N[C@]3(C(=O)Nc4c(Cl)cccc43)[C@@H]2C(=O)N1c1ccc2c(c1)OCO2. The Bertz CT molecular complexity index is 1750. The number of hydrogen-bond donors (Lipinski definition) is 3. The largest absolute Gasteiger partial charge is 0.454 e. The molecule has 0 aliphatic carbocycles. The minimum Gasteiger partial charge on any atom is -0.454 e. The molecule has 4 aromatic rings. The van der Waals surface area contributed by atoms with Crippen molar-refractivity contribution in [3.63, 3.8) is 0 Å². The van der Waals surface area contributed by atoms with Gasteiger partial charge in [0.25, 0.3) is 0 Å². The van der Waals surface area contributed by atoms with Crippen LogP contribution in [0, 0.1) is 11.8 Å². The summed E-state index contributed by atoms with van der Waals surface area (Å²) in [7, 11) is 0. The third-order valence-electron chi connectivity index (χ3n) is 8.43. The summed E-state index contributed by atoms with van der Waals surface area (Å²) < 4.78 is 10.9. The van der Waals surface area contributed by atoms with Crippen molar-refractivity contribution in [2.24, 2.45) is 11.8 Å². The van der Waals surface area contributed by atoms with Gasteiger partial charge in [-0.15, -0.1) is 0 Å². The van der Waals surface area contributed by atoms with Gasteiger partial charge in [0, 0.05) is 34.8 Å². The summed E-state index contributed by atoms with van der Waals surface area (Å²) >= 11 is 6.47. The number of nitrogens with one attached hydrogen (secondary N) is 3. The second-order valence-corrected chi connectivity index (χ2v) is 10.7. The van der Waals surface area contributed by atoms with Gasteiger partial charge in [0.15, 0.2) is 11.5 Å². The van der Waals surface area contributed by atoms with E-state index in [0.29, 0.717) is 39.9 Å². The predicted molar refractivity (Wildman–Crippen MR) is 143 cm³/mol. The Morgan fingerprint density at radius 3 is 2.72 bits per heavy atom. The Balaban J connectivity index is 1.28. The fourth-order valence-corrected chi connectivity index (χ4v) is 7.01. The number of fused-ring (bicyclic) bond motifs is 6. The number of anilines is 2. The smallest absolute Gasteiger partial charge is 0.250 e. The first-order chi connectivity index (χ1) is 19.0. The summed E-state index contributed by atoms with van der Waals surface area (Å²) in [6.45, 7) is 0.0728. The van der Waals surface area contributed by atoms with Gasteiger partial charge in [0.2, 0.25) is 24.5 Å². The fourth-order valence-electron chi connectivity index (χ4n) is 6.78. The first-order valence-corrected chi connectivity index (χ1v) is 13.1. The average Bonchev–Trinajstić information content (AvgIpc) is 3.73. The van der Waals surface area contributed by atoms with Crippen LogP contribution in [-0.2, 0) is 26.3 Å². The van der Waals surface area contributed by atoms with Gasteiger partial charge in [-0.1, -0.05) is 41.9 Å².